The molecule has 133 heavy (non-hydrogen) atoms. The van der Waals surface area contributed by atoms with Gasteiger partial charge in [0, 0.05) is 79.8 Å². The number of carbonyl (C=O) groups is 5. The van der Waals surface area contributed by atoms with Crippen LogP contribution in [0.5, 0.6) is 29.7 Å². The number of halogens is 1. The lowest BCUT2D eigenvalue weighted by molar-refractivity contribution is -0.000106. The number of nitrogens with one attached hydrogen (secondary N) is 2. The molecular formula is C88H105ClN20O21S3. The van der Waals surface area contributed by atoms with E-state index >= 15 is 0 Å². The number of nitrogens with two attached hydrogens (primary N) is 2. The van der Waals surface area contributed by atoms with Crippen LogP contribution in [0.25, 0.3) is 9.69 Å². The van der Waals surface area contributed by atoms with E-state index < -0.39 is 105 Å². The van der Waals surface area contributed by atoms with Gasteiger partial charge in [0.05, 0.1) is 101 Å². The molecule has 0 unspecified atom stereocenters. The van der Waals surface area contributed by atoms with Gasteiger partial charge in [0.1, 0.15) is 95.8 Å². The predicted molar refractivity (Wildman–Crippen MR) is 480 cm³/mol. The summed E-state index contributed by atoms with van der Waals surface area (Å²) < 4.78 is 124. The van der Waals surface area contributed by atoms with E-state index in [1.807, 2.05) is 6.07 Å². The fraction of sp³-hybridized carbons (Fsp3) is 0.500. The number of fused-ring (bicyclic) bond motifs is 9. The number of aliphatic imine (C=N–C) groups is 3. The Morgan fingerprint density at radius 1 is 0.549 bits per heavy atom. The number of sulfone groups is 3. The zero-order valence-corrected chi connectivity index (χ0v) is 78.6. The summed E-state index contributed by atoms with van der Waals surface area (Å²) in [6.07, 6.45) is 12.5. The lowest BCUT2D eigenvalue weighted by Gasteiger charge is -2.50. The summed E-state index contributed by atoms with van der Waals surface area (Å²) in [5, 5.41) is 19.6. The SMILES string of the molecule is CC(C)(C)OC(=O)NC1=N[C@]2(C)c3cc(N)cnc3OCC[C@H]2S(=O)(=O)C12CCC2.COc1nc(OC)nc([N+]2(C)CCOCC2)n1.N#Cc1ccc(C(=O)O)nc1.O.[C-]#[N+]c1ccc(C(=O)Cc2cnc3c(c2)[C@@]2(C)N=C(N)C4(CCC4)S(=O)(=O)[C@@H]2CCO3)nc1.[C-]#[N+]c1ccc(C(=O)Cc2cnc3c(c2)[C@@]2(C)N=C(NC(=O)OC(C)(C)C)C4(CCC4)S(=O)(=O)[C@@H]2CCO3)nc1.[Cl-]. The number of aromatic carboxylic acids is 1. The van der Waals surface area contributed by atoms with Crippen LogP contribution in [0.15, 0.2) is 107 Å². The normalized spacial score (nSPS) is 23.4. The van der Waals surface area contributed by atoms with E-state index in [1.165, 1.54) is 75.5 Å². The van der Waals surface area contributed by atoms with Gasteiger partial charge in [-0.15, -0.1) is 15.0 Å². The summed E-state index contributed by atoms with van der Waals surface area (Å²) in [7, 11) is -6.05. The Labute approximate surface area is 775 Å². The fourth-order valence-corrected chi connectivity index (χ4v) is 26.3. The number of Topliss-reactive ketones (excluding diaryl/α,β-unsaturated/α-hetero) is 2. The highest BCUT2D eigenvalue weighted by atomic mass is 35.5. The second-order valence-electron chi connectivity index (χ2n) is 35.8. The van der Waals surface area contributed by atoms with Crippen LogP contribution in [0.4, 0.5) is 32.6 Å². The minimum Gasteiger partial charge on any atom is -1.00 e. The summed E-state index contributed by atoms with van der Waals surface area (Å²) in [6.45, 7) is 33.3. The summed E-state index contributed by atoms with van der Waals surface area (Å²) in [5.74, 6) is 0.272. The molecule has 6 atom stereocenters. The number of methoxy groups -OCH3 is 2. The van der Waals surface area contributed by atoms with Crippen molar-refractivity contribution in [1.29, 1.82) is 5.26 Å². The number of amidine groups is 3. The van der Waals surface area contributed by atoms with Crippen molar-refractivity contribution < 1.29 is 110 Å². The number of carbonyl (C=O) groups excluding carboxylic acids is 4. The van der Waals surface area contributed by atoms with Gasteiger partial charge in [-0.05, 0) is 174 Å². The number of carboxylic acids is 1. The van der Waals surface area contributed by atoms with E-state index in [0.717, 1.165) is 25.9 Å². The molecule has 708 valence electrons. The number of ketones is 2. The maximum atomic E-state index is 14.3. The number of morpholine rings is 1. The van der Waals surface area contributed by atoms with Gasteiger partial charge >= 0.3 is 36.1 Å². The molecule has 7 aliphatic heterocycles. The number of amides is 2. The first-order valence-corrected chi connectivity index (χ1v) is 46.9. The second-order valence-corrected chi connectivity index (χ2v) is 43.1. The van der Waals surface area contributed by atoms with E-state index in [4.69, 9.17) is 87.9 Å². The van der Waals surface area contributed by atoms with E-state index in [1.54, 1.807) is 92.8 Å². The zero-order valence-electron chi connectivity index (χ0n) is 75.4. The molecule has 2 amide bonds. The van der Waals surface area contributed by atoms with Crippen LogP contribution >= 0.6 is 0 Å². The third kappa shape index (κ3) is 19.8. The molecule has 41 nitrogen and oxygen atoms in total. The van der Waals surface area contributed by atoms with E-state index in [9.17, 15) is 49.2 Å². The van der Waals surface area contributed by atoms with Crippen LogP contribution in [0, 0.1) is 24.5 Å². The molecule has 7 aromatic rings. The molecule has 1 saturated heterocycles. The number of rotatable bonds is 10. The Balaban J connectivity index is 0.000000168. The van der Waals surface area contributed by atoms with Crippen LogP contribution in [-0.2, 0) is 73.2 Å². The van der Waals surface area contributed by atoms with Crippen molar-refractivity contribution in [2.45, 2.75) is 210 Å². The number of aromatic nitrogens is 9. The molecule has 9 N–H and O–H groups in total. The lowest BCUT2D eigenvalue weighted by Crippen LogP contribution is -3.00. The minimum absolute atomic E-state index is 0. The number of quaternary nitrogens is 1. The van der Waals surface area contributed by atoms with Crippen molar-refractivity contribution in [1.82, 2.24) is 60.0 Å². The van der Waals surface area contributed by atoms with Crippen molar-refractivity contribution in [3.05, 3.63) is 165 Å². The molecule has 3 spiro atoms. The Morgan fingerprint density at radius 2 is 0.932 bits per heavy atom. The summed E-state index contributed by atoms with van der Waals surface area (Å²) in [6, 6.07) is 16.3. The van der Waals surface area contributed by atoms with Gasteiger partial charge in [0.2, 0.25) is 29.0 Å². The molecule has 45 heteroatoms. The number of hydrogen-bond acceptors (Lipinski definition) is 34. The molecule has 7 aromatic heterocycles. The van der Waals surface area contributed by atoms with Gasteiger partial charge in [-0.25, -0.2) is 69.3 Å². The van der Waals surface area contributed by atoms with Gasteiger partial charge < -0.3 is 72.4 Å². The highest BCUT2D eigenvalue weighted by Crippen LogP contribution is 2.57. The summed E-state index contributed by atoms with van der Waals surface area (Å²) in [5.41, 5.74) is 11.5. The maximum Gasteiger partial charge on any atom is 0.413 e. The van der Waals surface area contributed by atoms with Crippen LogP contribution < -0.4 is 62.7 Å². The third-order valence-corrected chi connectivity index (χ3v) is 34.4. The molecule has 10 aliphatic rings. The third-order valence-electron chi connectivity index (χ3n) is 25.0. The number of likely N-dealkylation sites (N-methyl/N-ethyl adjacent to an activating group) is 1. The van der Waals surface area contributed by atoms with Crippen molar-refractivity contribution in [3.63, 3.8) is 0 Å². The van der Waals surface area contributed by atoms with Crippen molar-refractivity contribution in [3.8, 4) is 35.7 Å². The van der Waals surface area contributed by atoms with Crippen LogP contribution in [-0.4, -0.2) is 237 Å². The number of carboxylic acid groups (broad SMARTS) is 1. The van der Waals surface area contributed by atoms with Crippen LogP contribution in [0.3, 0.4) is 0 Å². The number of nitriles is 1. The Hall–Kier alpha value is -12.6. The molecule has 3 aliphatic carbocycles. The first kappa shape index (κ1) is 101. The van der Waals surface area contributed by atoms with Gasteiger partial charge in [-0.3, -0.25) is 49.7 Å². The Morgan fingerprint density at radius 3 is 1.28 bits per heavy atom. The zero-order chi connectivity index (χ0) is 94.9. The number of hydrogen-bond donors (Lipinski definition) is 5. The van der Waals surface area contributed by atoms with Crippen molar-refractivity contribution in [2.24, 2.45) is 20.7 Å². The smallest absolute Gasteiger partial charge is 0.413 e. The minimum atomic E-state index is -3.85. The monoisotopic (exact) mass is 1910 g/mol. The van der Waals surface area contributed by atoms with Gasteiger partial charge in [-0.2, -0.15) is 5.26 Å². The Bertz CT molecular complexity index is 6220. The van der Waals surface area contributed by atoms with Crippen molar-refractivity contribution in [2.75, 3.05) is 73.1 Å². The van der Waals surface area contributed by atoms with Gasteiger partial charge in [0.25, 0.3) is 0 Å². The highest BCUT2D eigenvalue weighted by Gasteiger charge is 2.68. The average Bonchev–Trinajstić information content (AvgIpc) is 1.75. The van der Waals surface area contributed by atoms with Crippen LogP contribution in [0.1, 0.15) is 204 Å². The molecule has 4 fully saturated rings. The molecule has 0 aromatic carbocycles. The Kier molecular flexibility index (Phi) is 29.5. The van der Waals surface area contributed by atoms with Gasteiger partial charge in [0.15, 0.2) is 41.1 Å². The number of ether oxygens (including phenoxy) is 8. The van der Waals surface area contributed by atoms with E-state index in [0.29, 0.717) is 137 Å². The average molecular weight is 1910 g/mol. The number of nitrogens with zero attached hydrogens (tertiary/aromatic N) is 16. The molecule has 17 rings (SSSR count). The molecule has 3 saturated carbocycles. The summed E-state index contributed by atoms with van der Waals surface area (Å²) in [4.78, 5) is 120. The fourth-order valence-electron chi connectivity index (χ4n) is 17.5. The molecular weight excluding hydrogens is 1800 g/mol. The standard InChI is InChI=1S/C28H31N5O6S.C23H23N5O4S.C20H28N4O5S.C10H17N4O3.C7H4N2O2.ClH.H2O/c1-26(2,3)39-25(35)32-24-28(10-6-11-28)40(36,37)22-9-12-38-23-19(27(22,4)33-24)13-17(15-31-23)14-21(34)20-8-7-18(29-5)16-30-20;1-22-16-10-14(11-18(29)17-5-4-15(25-2)13-26-17)12-27-20(16)32-9-6-19(22)33(30,31)23(7-3-8-23)21(24)28-22;1-18(2,3)29-17(25)23-16-20(7-5-8-20)30(26,27)14-6-9-28-15-13(19(14,4)24-16)10-12(21)11-22-15;1-14(4-6-17-7-5-14)8-11-9(15-2)13-10(12-8)16-3;8-3-5-1-2-6(7(10)11)9-4-5;;/h7-8,13,15-16,22H,6,9-12,14H2,1-4H3,(H,32,33,35);4-5,10,12-13,19H,3,6-9,11H2,1H3,(H2,24,28);10-11,14H,5-9,21H2,1-4H3,(H,23,24,25);4-7H2,1-3H3;1-2,4H,(H,10,11);1H;1H2/q;;;+1;;;/p-1/t22-,27-;19-,22-;14-,19-;;;;/m111..../s1. The molecule has 0 radical (unpaired) electrons. The number of nitrogen functional groups attached to an aromatic ring is 1. The largest absolute Gasteiger partial charge is 1.00 e. The quantitative estimate of drug-likeness (QED) is 0.0630. The van der Waals surface area contributed by atoms with Crippen molar-refractivity contribution >= 4 is 99.8 Å². The van der Waals surface area contributed by atoms with Gasteiger partial charge in [-0.1, -0.05) is 12.1 Å². The molecule has 0 bridgehead atoms. The van der Waals surface area contributed by atoms with Crippen LogP contribution in [0.2, 0.25) is 0 Å². The summed E-state index contributed by atoms with van der Waals surface area (Å²) >= 11 is 0. The maximum absolute atomic E-state index is 14.3. The number of pyridine rings is 6. The predicted octanol–water partition coefficient (Wildman–Crippen LogP) is 5.61. The first-order chi connectivity index (χ1) is 61.8. The van der Waals surface area contributed by atoms with E-state index in [-0.39, 0.29) is 127 Å². The first-order valence-electron chi connectivity index (χ1n) is 42.3. The molecule has 14 heterocycles. The lowest BCUT2D eigenvalue weighted by atomic mass is 9.80. The number of alkyl carbamates (subject to hydrolysis) is 2. The second kappa shape index (κ2) is 38.9. The highest BCUT2D eigenvalue weighted by molar-refractivity contribution is 7.95. The van der Waals surface area contributed by atoms with E-state index in [2.05, 4.69) is 72.2 Å². The number of anilines is 1. The topological polar surface area (TPSA) is 575 Å².